The van der Waals surface area contributed by atoms with E-state index >= 15 is 0 Å². The Morgan fingerprint density at radius 2 is 1.94 bits per heavy atom. The molecule has 0 atom stereocenters. The van der Waals surface area contributed by atoms with E-state index in [0.717, 1.165) is 12.1 Å². The summed E-state index contributed by atoms with van der Waals surface area (Å²) < 4.78 is 48.2. The number of rotatable bonds is 3. The van der Waals surface area contributed by atoms with Crippen molar-refractivity contribution in [1.29, 1.82) is 0 Å². The van der Waals surface area contributed by atoms with Gasteiger partial charge in [0.05, 0.1) is 11.0 Å². The van der Waals surface area contributed by atoms with Crippen LogP contribution in [0.25, 0.3) is 0 Å². The zero-order valence-electron chi connectivity index (χ0n) is 8.28. The van der Waals surface area contributed by atoms with E-state index in [1.54, 1.807) is 0 Å². The number of benzene rings is 1. The van der Waals surface area contributed by atoms with Gasteiger partial charge < -0.3 is 9.47 Å². The predicted molar refractivity (Wildman–Crippen MR) is 49.1 cm³/mol. The standard InChI is InChI=1S/C9H6F3NO4/c10-3-9(11,12)5-1-7-8(17-4-16-7)2-6(5)13(14)15/h1-2H,3-4H2. The molecule has 8 heteroatoms. The average molecular weight is 249 g/mol. The number of alkyl halides is 3. The monoisotopic (exact) mass is 249 g/mol. The van der Waals surface area contributed by atoms with Crippen LogP contribution in [0.5, 0.6) is 11.5 Å². The van der Waals surface area contributed by atoms with Gasteiger partial charge in [0, 0.05) is 6.07 Å². The first-order valence-corrected chi connectivity index (χ1v) is 4.48. The van der Waals surface area contributed by atoms with Crippen LogP contribution in [0.3, 0.4) is 0 Å². The number of nitro benzene ring substituents is 1. The molecule has 0 fully saturated rings. The van der Waals surface area contributed by atoms with Crippen LogP contribution < -0.4 is 9.47 Å². The van der Waals surface area contributed by atoms with Crippen molar-refractivity contribution in [2.45, 2.75) is 5.92 Å². The number of halogens is 3. The maximum absolute atomic E-state index is 13.2. The molecular weight excluding hydrogens is 243 g/mol. The number of nitrogens with zero attached hydrogens (tertiary/aromatic N) is 1. The van der Waals surface area contributed by atoms with Crippen molar-refractivity contribution in [2.24, 2.45) is 0 Å². The number of hydrogen-bond donors (Lipinski definition) is 0. The molecule has 1 heterocycles. The smallest absolute Gasteiger partial charge is 0.307 e. The van der Waals surface area contributed by atoms with Gasteiger partial charge in [-0.05, 0) is 0 Å². The molecular formula is C9H6F3NO4. The number of fused-ring (bicyclic) bond motifs is 1. The fourth-order valence-electron chi connectivity index (χ4n) is 1.45. The Labute approximate surface area is 92.9 Å². The topological polar surface area (TPSA) is 61.6 Å². The molecule has 1 aliphatic heterocycles. The largest absolute Gasteiger partial charge is 0.454 e. The Kier molecular flexibility index (Phi) is 2.56. The molecule has 2 rings (SSSR count). The van der Waals surface area contributed by atoms with E-state index < -0.39 is 28.8 Å². The summed E-state index contributed by atoms with van der Waals surface area (Å²) in [6, 6.07) is 1.54. The number of hydrogen-bond acceptors (Lipinski definition) is 4. The molecule has 5 nitrogen and oxygen atoms in total. The highest BCUT2D eigenvalue weighted by atomic mass is 19.3. The lowest BCUT2D eigenvalue weighted by atomic mass is 10.1. The van der Waals surface area contributed by atoms with Crippen molar-refractivity contribution in [2.75, 3.05) is 13.5 Å². The van der Waals surface area contributed by atoms with Gasteiger partial charge in [-0.2, -0.15) is 8.78 Å². The summed E-state index contributed by atoms with van der Waals surface area (Å²) in [6.45, 7) is -2.23. The van der Waals surface area contributed by atoms with Gasteiger partial charge >= 0.3 is 5.92 Å². The Hall–Kier alpha value is -1.99. The summed E-state index contributed by atoms with van der Waals surface area (Å²) in [5.74, 6) is -3.99. The lowest BCUT2D eigenvalue weighted by Gasteiger charge is -2.13. The van der Waals surface area contributed by atoms with E-state index in [2.05, 4.69) is 0 Å². The van der Waals surface area contributed by atoms with Gasteiger partial charge in [0.1, 0.15) is 5.56 Å². The van der Waals surface area contributed by atoms with Gasteiger partial charge in [0.25, 0.3) is 5.69 Å². The van der Waals surface area contributed by atoms with Crippen molar-refractivity contribution in [3.8, 4) is 11.5 Å². The molecule has 0 spiro atoms. The fraction of sp³-hybridized carbons (Fsp3) is 0.333. The minimum atomic E-state index is -3.93. The molecule has 0 N–H and O–H groups in total. The summed E-state index contributed by atoms with van der Waals surface area (Å²) in [7, 11) is 0. The van der Waals surface area contributed by atoms with Crippen LogP contribution >= 0.6 is 0 Å². The van der Waals surface area contributed by atoms with E-state index in [4.69, 9.17) is 9.47 Å². The van der Waals surface area contributed by atoms with E-state index in [1.165, 1.54) is 0 Å². The summed E-state index contributed by atoms with van der Waals surface area (Å²) in [6.07, 6.45) is 0. The highest BCUT2D eigenvalue weighted by Crippen LogP contribution is 2.43. The first-order chi connectivity index (χ1) is 7.95. The third-order valence-corrected chi connectivity index (χ3v) is 2.25. The molecule has 0 radical (unpaired) electrons. The van der Waals surface area contributed by atoms with Gasteiger partial charge in [-0.25, -0.2) is 4.39 Å². The molecule has 0 saturated heterocycles. The van der Waals surface area contributed by atoms with Gasteiger partial charge in [-0.1, -0.05) is 0 Å². The zero-order valence-corrected chi connectivity index (χ0v) is 8.28. The van der Waals surface area contributed by atoms with E-state index in [0.29, 0.717) is 0 Å². The SMILES string of the molecule is O=[N+]([O-])c1cc2c(cc1C(F)(F)CF)OCO2. The Morgan fingerprint density at radius 3 is 2.47 bits per heavy atom. The molecule has 0 amide bonds. The summed E-state index contributed by atoms with van der Waals surface area (Å²) in [4.78, 5) is 9.62. The Bertz CT molecular complexity index is 478. The second-order valence-electron chi connectivity index (χ2n) is 3.32. The number of ether oxygens (including phenoxy) is 2. The molecule has 0 aliphatic carbocycles. The van der Waals surface area contributed by atoms with E-state index in [1.807, 2.05) is 0 Å². The van der Waals surface area contributed by atoms with Crippen molar-refractivity contribution < 1.29 is 27.6 Å². The molecule has 0 saturated carbocycles. The normalized spacial score (nSPS) is 13.8. The third-order valence-electron chi connectivity index (χ3n) is 2.25. The molecule has 1 aromatic carbocycles. The molecule has 0 aromatic heterocycles. The maximum atomic E-state index is 13.2. The van der Waals surface area contributed by atoms with Crippen molar-refractivity contribution in [3.63, 3.8) is 0 Å². The van der Waals surface area contributed by atoms with Crippen LogP contribution in [-0.2, 0) is 5.92 Å². The van der Waals surface area contributed by atoms with Gasteiger partial charge in [-0.3, -0.25) is 10.1 Å². The minimum Gasteiger partial charge on any atom is -0.454 e. The van der Waals surface area contributed by atoms with Crippen LogP contribution in [0.15, 0.2) is 12.1 Å². The van der Waals surface area contributed by atoms with Crippen LogP contribution in [0.2, 0.25) is 0 Å². The van der Waals surface area contributed by atoms with Gasteiger partial charge in [0.2, 0.25) is 6.79 Å². The van der Waals surface area contributed by atoms with Crippen LogP contribution in [0.1, 0.15) is 5.56 Å². The summed E-state index contributed by atoms with van der Waals surface area (Å²) in [5, 5.41) is 10.6. The summed E-state index contributed by atoms with van der Waals surface area (Å²) >= 11 is 0. The van der Waals surface area contributed by atoms with Gasteiger partial charge in [-0.15, -0.1) is 0 Å². The second kappa shape index (κ2) is 3.79. The quantitative estimate of drug-likeness (QED) is 0.609. The first-order valence-electron chi connectivity index (χ1n) is 4.48. The first kappa shape index (κ1) is 11.5. The molecule has 0 bridgehead atoms. The van der Waals surface area contributed by atoms with Crippen molar-refractivity contribution in [3.05, 3.63) is 27.8 Å². The highest BCUT2D eigenvalue weighted by Gasteiger charge is 2.40. The van der Waals surface area contributed by atoms with Crippen LogP contribution in [-0.4, -0.2) is 18.4 Å². The van der Waals surface area contributed by atoms with Crippen LogP contribution in [0.4, 0.5) is 18.9 Å². The Morgan fingerprint density at radius 1 is 1.35 bits per heavy atom. The summed E-state index contributed by atoms with van der Waals surface area (Å²) in [5.41, 5.74) is -1.91. The van der Waals surface area contributed by atoms with Crippen molar-refractivity contribution in [1.82, 2.24) is 0 Å². The minimum absolute atomic E-state index is 0.00453. The zero-order chi connectivity index (χ0) is 12.6. The molecule has 0 unspecified atom stereocenters. The lowest BCUT2D eigenvalue weighted by Crippen LogP contribution is -2.17. The third kappa shape index (κ3) is 1.85. The highest BCUT2D eigenvalue weighted by molar-refractivity contribution is 5.56. The molecule has 92 valence electrons. The van der Waals surface area contributed by atoms with Crippen LogP contribution in [0, 0.1) is 10.1 Å². The molecule has 1 aromatic rings. The Balaban J connectivity index is 2.60. The maximum Gasteiger partial charge on any atom is 0.307 e. The molecule has 17 heavy (non-hydrogen) atoms. The second-order valence-corrected chi connectivity index (χ2v) is 3.32. The fourth-order valence-corrected chi connectivity index (χ4v) is 1.45. The van der Waals surface area contributed by atoms with Crippen molar-refractivity contribution >= 4 is 5.69 Å². The predicted octanol–water partition coefficient (Wildman–Crippen LogP) is 2.38. The van der Waals surface area contributed by atoms with Gasteiger partial charge in [0.15, 0.2) is 18.2 Å². The number of nitro groups is 1. The van der Waals surface area contributed by atoms with E-state index in [-0.39, 0.29) is 18.3 Å². The average Bonchev–Trinajstić information content (AvgIpc) is 2.74. The lowest BCUT2D eigenvalue weighted by molar-refractivity contribution is -0.387. The molecule has 1 aliphatic rings. The van der Waals surface area contributed by atoms with E-state index in [9.17, 15) is 23.3 Å².